The van der Waals surface area contributed by atoms with E-state index in [9.17, 15) is 5.11 Å². The first-order valence-electron chi connectivity index (χ1n) is 11.0. The molecule has 0 amide bonds. The Morgan fingerprint density at radius 3 is 2.48 bits per heavy atom. The van der Waals surface area contributed by atoms with Crippen LogP contribution in [0.25, 0.3) is 11.1 Å². The number of hydrogen-bond donors (Lipinski definition) is 4. The molecule has 170 valence electrons. The molecule has 0 saturated carbocycles. The summed E-state index contributed by atoms with van der Waals surface area (Å²) in [5, 5.41) is 20.4. The molecule has 0 radical (unpaired) electrons. The quantitative estimate of drug-likeness (QED) is 0.537. The molecule has 5 rings (SSSR count). The van der Waals surface area contributed by atoms with Crippen LogP contribution in [0.1, 0.15) is 25.0 Å². The number of nitrogens with zero attached hydrogens (tertiary/aromatic N) is 6. The van der Waals surface area contributed by atoms with Gasteiger partial charge in [-0.1, -0.05) is 55.5 Å². The van der Waals surface area contributed by atoms with E-state index in [0.29, 0.717) is 24.5 Å². The third-order valence-corrected chi connectivity index (χ3v) is 5.81. The van der Waals surface area contributed by atoms with Gasteiger partial charge in [-0.3, -0.25) is 11.2 Å². The molecular formula is C23H27N9O. The molecule has 1 unspecified atom stereocenters. The number of hydrogen-bond acceptors (Lipinski definition) is 9. The van der Waals surface area contributed by atoms with Crippen molar-refractivity contribution < 1.29 is 5.11 Å². The molecule has 0 fully saturated rings. The predicted molar refractivity (Wildman–Crippen MR) is 129 cm³/mol. The van der Waals surface area contributed by atoms with Crippen molar-refractivity contribution >= 4 is 17.7 Å². The molecule has 0 saturated heterocycles. The Labute approximate surface area is 192 Å². The molecule has 1 atom stereocenters. The first-order chi connectivity index (χ1) is 16.1. The predicted octanol–water partition coefficient (Wildman–Crippen LogP) is 1.91. The van der Waals surface area contributed by atoms with Gasteiger partial charge in [-0.15, -0.1) is 10.2 Å². The van der Waals surface area contributed by atoms with Gasteiger partial charge in [-0.05, 0) is 23.6 Å². The van der Waals surface area contributed by atoms with Gasteiger partial charge >= 0.3 is 0 Å². The van der Waals surface area contributed by atoms with Crippen molar-refractivity contribution in [2.45, 2.75) is 26.6 Å². The fourth-order valence-corrected chi connectivity index (χ4v) is 4.06. The van der Waals surface area contributed by atoms with Crippen LogP contribution in [0.5, 0.6) is 0 Å². The Kier molecular flexibility index (Phi) is 5.55. The van der Waals surface area contributed by atoms with Crippen molar-refractivity contribution in [1.82, 2.24) is 26.1 Å². The SMILES string of the molecule is CCN1NN=C(c2ccccc2-c2ccc(CC3=CN4C(=NC(N)N4CC)N=C3O)cc2)N1. The first kappa shape index (κ1) is 21.1. The molecule has 2 aromatic rings. The van der Waals surface area contributed by atoms with Crippen molar-refractivity contribution in [2.24, 2.45) is 20.8 Å². The second kappa shape index (κ2) is 8.66. The fraction of sp³-hybridized carbons (Fsp3) is 0.261. The van der Waals surface area contributed by atoms with Crippen molar-refractivity contribution in [1.29, 1.82) is 0 Å². The Hall–Kier alpha value is -3.73. The summed E-state index contributed by atoms with van der Waals surface area (Å²) in [5.41, 5.74) is 17.2. The summed E-state index contributed by atoms with van der Waals surface area (Å²) in [4.78, 5) is 8.52. The summed E-state index contributed by atoms with van der Waals surface area (Å²) in [7, 11) is 0. The van der Waals surface area contributed by atoms with E-state index in [1.54, 1.807) is 0 Å². The number of fused-ring (bicyclic) bond motifs is 1. The minimum absolute atomic E-state index is 0.0251. The molecule has 2 aromatic carbocycles. The van der Waals surface area contributed by atoms with Gasteiger partial charge in [0.05, 0.1) is 0 Å². The first-order valence-corrected chi connectivity index (χ1v) is 11.0. The Balaban J connectivity index is 1.36. The van der Waals surface area contributed by atoms with Crippen LogP contribution in [0.2, 0.25) is 0 Å². The number of benzene rings is 2. The van der Waals surface area contributed by atoms with E-state index in [1.807, 2.05) is 47.3 Å². The largest absolute Gasteiger partial charge is 0.493 e. The molecule has 0 spiro atoms. The minimum Gasteiger partial charge on any atom is -0.493 e. The Morgan fingerprint density at radius 2 is 1.79 bits per heavy atom. The van der Waals surface area contributed by atoms with Gasteiger partial charge in [0.1, 0.15) is 0 Å². The van der Waals surface area contributed by atoms with Crippen LogP contribution >= 0.6 is 0 Å². The molecule has 10 heteroatoms. The smallest absolute Gasteiger partial charge is 0.246 e. The van der Waals surface area contributed by atoms with Crippen LogP contribution < -0.4 is 16.7 Å². The van der Waals surface area contributed by atoms with Gasteiger partial charge in [0, 0.05) is 36.8 Å². The highest BCUT2D eigenvalue weighted by atomic mass is 16.3. The molecule has 0 aromatic heterocycles. The third-order valence-electron chi connectivity index (χ3n) is 5.81. The van der Waals surface area contributed by atoms with Gasteiger partial charge in [0.15, 0.2) is 12.1 Å². The van der Waals surface area contributed by atoms with E-state index in [-0.39, 0.29) is 5.90 Å². The lowest BCUT2D eigenvalue weighted by molar-refractivity contribution is 0.0738. The standard InChI is InChI=1S/C23H27N9O/c1-3-30-22(24)26-23-25-21(33)17(14-31(23)30)13-15-9-11-16(12-10-15)18-7-5-6-8-19(18)20-27-29-32(4-2)28-20/h5-12,14,22,29H,3-4,13,24H2,1-2H3,(H,27,28)(H,25,26,33). The summed E-state index contributed by atoms with van der Waals surface area (Å²) >= 11 is 0. The molecule has 33 heavy (non-hydrogen) atoms. The highest BCUT2D eigenvalue weighted by Crippen LogP contribution is 2.27. The zero-order valence-corrected chi connectivity index (χ0v) is 18.6. The molecular weight excluding hydrogens is 418 g/mol. The average Bonchev–Trinajstić information content (AvgIpc) is 3.43. The maximum absolute atomic E-state index is 10.4. The second-order valence-electron chi connectivity index (χ2n) is 7.87. The van der Waals surface area contributed by atoms with Crippen molar-refractivity contribution in [2.75, 3.05) is 13.1 Å². The van der Waals surface area contributed by atoms with Crippen LogP contribution in [-0.4, -0.2) is 57.3 Å². The van der Waals surface area contributed by atoms with E-state index in [1.165, 1.54) is 0 Å². The third kappa shape index (κ3) is 3.95. The van der Waals surface area contributed by atoms with E-state index < -0.39 is 6.29 Å². The average molecular weight is 446 g/mol. The van der Waals surface area contributed by atoms with Gasteiger partial charge in [-0.2, -0.15) is 10.0 Å². The number of aliphatic hydroxyl groups is 1. The molecule has 3 heterocycles. The normalized spacial score (nSPS) is 20.5. The molecule has 5 N–H and O–H groups in total. The van der Waals surface area contributed by atoms with Gasteiger partial charge in [0.25, 0.3) is 0 Å². The van der Waals surface area contributed by atoms with Crippen LogP contribution in [0.15, 0.2) is 75.4 Å². The van der Waals surface area contributed by atoms with Gasteiger partial charge in [0.2, 0.25) is 11.9 Å². The summed E-state index contributed by atoms with van der Waals surface area (Å²) < 4.78 is 0. The summed E-state index contributed by atoms with van der Waals surface area (Å²) in [6.45, 7) is 5.51. The number of aliphatic hydroxyl groups excluding tert-OH is 1. The number of nitrogens with one attached hydrogen (secondary N) is 2. The summed E-state index contributed by atoms with van der Waals surface area (Å²) in [6, 6.07) is 16.5. The lowest BCUT2D eigenvalue weighted by Gasteiger charge is -2.29. The summed E-state index contributed by atoms with van der Waals surface area (Å²) in [6.07, 6.45) is 1.91. The van der Waals surface area contributed by atoms with E-state index >= 15 is 0 Å². The number of hydrazine groups is 3. The van der Waals surface area contributed by atoms with E-state index in [0.717, 1.165) is 34.6 Å². The van der Waals surface area contributed by atoms with Crippen molar-refractivity contribution in [3.8, 4) is 11.1 Å². The minimum atomic E-state index is -0.491. The molecule has 3 aliphatic heterocycles. The lowest BCUT2D eigenvalue weighted by atomic mass is 9.96. The Morgan fingerprint density at radius 1 is 1.03 bits per heavy atom. The highest BCUT2D eigenvalue weighted by Gasteiger charge is 2.33. The number of guanidine groups is 1. The highest BCUT2D eigenvalue weighted by molar-refractivity contribution is 6.05. The van der Waals surface area contributed by atoms with Crippen molar-refractivity contribution in [3.63, 3.8) is 0 Å². The van der Waals surface area contributed by atoms with Crippen LogP contribution in [-0.2, 0) is 6.42 Å². The van der Waals surface area contributed by atoms with Crippen LogP contribution in [0.3, 0.4) is 0 Å². The maximum atomic E-state index is 10.4. The number of aliphatic imine (C=N–C) groups is 2. The zero-order chi connectivity index (χ0) is 22.9. The Bertz CT molecular complexity index is 1170. The number of rotatable bonds is 6. The topological polar surface area (TPSA) is 117 Å². The molecule has 10 nitrogen and oxygen atoms in total. The fourth-order valence-electron chi connectivity index (χ4n) is 4.06. The number of hydrazone groups is 1. The number of amidine groups is 1. The van der Waals surface area contributed by atoms with E-state index in [2.05, 4.69) is 62.4 Å². The van der Waals surface area contributed by atoms with Gasteiger partial charge in [-0.25, -0.2) is 15.5 Å². The van der Waals surface area contributed by atoms with Crippen molar-refractivity contribution in [3.05, 3.63) is 71.4 Å². The monoisotopic (exact) mass is 445 g/mol. The maximum Gasteiger partial charge on any atom is 0.246 e. The number of nitrogens with two attached hydrogens (primary N) is 1. The molecule has 3 aliphatic rings. The van der Waals surface area contributed by atoms with Crippen LogP contribution in [0, 0.1) is 0 Å². The zero-order valence-electron chi connectivity index (χ0n) is 18.6. The molecule has 0 aliphatic carbocycles. The van der Waals surface area contributed by atoms with E-state index in [4.69, 9.17) is 5.73 Å². The lowest BCUT2D eigenvalue weighted by Crippen LogP contribution is -2.46. The summed E-state index contributed by atoms with van der Waals surface area (Å²) in [5.74, 6) is 1.17. The second-order valence-corrected chi connectivity index (χ2v) is 7.87. The molecule has 0 bridgehead atoms. The van der Waals surface area contributed by atoms with Gasteiger partial charge < -0.3 is 5.11 Å². The van der Waals surface area contributed by atoms with Crippen LogP contribution in [0.4, 0.5) is 0 Å².